The van der Waals surface area contributed by atoms with Crippen LogP contribution in [0.15, 0.2) is 72.8 Å². The molecule has 4 rings (SSSR count). The molecular formula is C24H24N2O. The van der Waals surface area contributed by atoms with Crippen molar-refractivity contribution in [3.8, 4) is 11.1 Å². The molecule has 0 radical (unpaired) electrons. The highest BCUT2D eigenvalue weighted by atomic mass is 16.2. The van der Waals surface area contributed by atoms with E-state index in [1.165, 1.54) is 22.3 Å². The molecule has 27 heavy (non-hydrogen) atoms. The fourth-order valence-electron chi connectivity index (χ4n) is 4.06. The molecule has 1 N–H and O–H groups in total. The standard InChI is InChI=1S/C24H24N2O/c1-3-17-10-4-9-15-22(17)25-23(27)16-26(2)24-20-13-7-5-11-18(20)19-12-6-8-14-21(19)24/h4-15,24H,3,16H2,1-2H3,(H,25,27). The van der Waals surface area contributed by atoms with Gasteiger partial charge in [-0.05, 0) is 47.4 Å². The van der Waals surface area contributed by atoms with E-state index in [1.54, 1.807) is 0 Å². The number of hydrogen-bond acceptors (Lipinski definition) is 2. The number of aryl methyl sites for hydroxylation is 1. The molecule has 0 saturated carbocycles. The molecule has 0 aliphatic heterocycles. The average molecular weight is 356 g/mol. The first-order valence-electron chi connectivity index (χ1n) is 9.45. The smallest absolute Gasteiger partial charge is 0.238 e. The molecule has 136 valence electrons. The monoisotopic (exact) mass is 356 g/mol. The number of para-hydroxylation sites is 1. The number of nitrogens with one attached hydrogen (secondary N) is 1. The Morgan fingerprint density at radius 2 is 1.44 bits per heavy atom. The molecule has 0 aromatic heterocycles. The van der Waals surface area contributed by atoms with Crippen LogP contribution in [0.2, 0.25) is 0 Å². The van der Waals surface area contributed by atoms with Gasteiger partial charge in [0.05, 0.1) is 12.6 Å². The van der Waals surface area contributed by atoms with Crippen LogP contribution in [0, 0.1) is 0 Å². The Labute approximate surface area is 160 Å². The van der Waals surface area contributed by atoms with Gasteiger partial charge in [-0.2, -0.15) is 0 Å². The fourth-order valence-corrected chi connectivity index (χ4v) is 4.06. The summed E-state index contributed by atoms with van der Waals surface area (Å²) in [6, 6.07) is 25.1. The topological polar surface area (TPSA) is 32.3 Å². The number of rotatable bonds is 5. The van der Waals surface area contributed by atoms with Gasteiger partial charge >= 0.3 is 0 Å². The number of fused-ring (bicyclic) bond motifs is 3. The molecule has 0 fully saturated rings. The minimum atomic E-state index is 0.0141. The summed E-state index contributed by atoms with van der Waals surface area (Å²) in [5.41, 5.74) is 7.13. The van der Waals surface area contributed by atoms with E-state index in [0.29, 0.717) is 6.54 Å². The maximum Gasteiger partial charge on any atom is 0.238 e. The maximum absolute atomic E-state index is 12.7. The van der Waals surface area contributed by atoms with Crippen LogP contribution in [0.1, 0.15) is 29.7 Å². The largest absolute Gasteiger partial charge is 0.325 e. The highest BCUT2D eigenvalue weighted by Gasteiger charge is 2.31. The van der Waals surface area contributed by atoms with E-state index < -0.39 is 0 Å². The van der Waals surface area contributed by atoms with Crippen molar-refractivity contribution in [2.24, 2.45) is 0 Å². The molecular weight excluding hydrogens is 332 g/mol. The Hall–Kier alpha value is -2.91. The molecule has 1 amide bonds. The molecule has 1 aliphatic rings. The number of anilines is 1. The van der Waals surface area contributed by atoms with E-state index in [1.807, 2.05) is 25.2 Å². The number of likely N-dealkylation sites (N-methyl/N-ethyl adjacent to an activating group) is 1. The second-order valence-electron chi connectivity index (χ2n) is 7.05. The van der Waals surface area contributed by atoms with E-state index in [9.17, 15) is 4.79 Å². The van der Waals surface area contributed by atoms with Crippen molar-refractivity contribution >= 4 is 11.6 Å². The molecule has 0 spiro atoms. The molecule has 0 heterocycles. The third-order valence-electron chi connectivity index (χ3n) is 5.31. The molecule has 3 aromatic carbocycles. The minimum Gasteiger partial charge on any atom is -0.325 e. The van der Waals surface area contributed by atoms with Crippen LogP contribution in [0.5, 0.6) is 0 Å². The second-order valence-corrected chi connectivity index (χ2v) is 7.05. The van der Waals surface area contributed by atoms with E-state index in [-0.39, 0.29) is 11.9 Å². The quantitative estimate of drug-likeness (QED) is 0.706. The minimum absolute atomic E-state index is 0.0141. The van der Waals surface area contributed by atoms with Gasteiger partial charge in [-0.15, -0.1) is 0 Å². The van der Waals surface area contributed by atoms with Crippen LogP contribution in [-0.2, 0) is 11.2 Å². The zero-order chi connectivity index (χ0) is 18.8. The predicted octanol–water partition coefficient (Wildman–Crippen LogP) is 4.89. The zero-order valence-electron chi connectivity index (χ0n) is 15.8. The number of carbonyl (C=O) groups excluding carboxylic acids is 1. The molecule has 0 atom stereocenters. The molecule has 1 aliphatic carbocycles. The fraction of sp³-hybridized carbons (Fsp3) is 0.208. The Balaban J connectivity index is 1.56. The van der Waals surface area contributed by atoms with Gasteiger partial charge in [-0.1, -0.05) is 73.7 Å². The van der Waals surface area contributed by atoms with Crippen LogP contribution in [0.4, 0.5) is 5.69 Å². The van der Waals surface area contributed by atoms with Gasteiger partial charge in [0, 0.05) is 5.69 Å². The van der Waals surface area contributed by atoms with Crippen LogP contribution in [-0.4, -0.2) is 24.4 Å². The summed E-state index contributed by atoms with van der Waals surface area (Å²) in [5.74, 6) is 0.0141. The molecule has 0 bridgehead atoms. The summed E-state index contributed by atoms with van der Waals surface area (Å²) >= 11 is 0. The maximum atomic E-state index is 12.7. The first-order chi connectivity index (χ1) is 13.2. The molecule has 3 heteroatoms. The summed E-state index contributed by atoms with van der Waals surface area (Å²) in [6.45, 7) is 2.44. The molecule has 3 nitrogen and oxygen atoms in total. The zero-order valence-corrected chi connectivity index (χ0v) is 15.8. The summed E-state index contributed by atoms with van der Waals surface area (Å²) in [6.07, 6.45) is 0.898. The average Bonchev–Trinajstić information content (AvgIpc) is 3.03. The number of hydrogen-bond donors (Lipinski definition) is 1. The SMILES string of the molecule is CCc1ccccc1NC(=O)CN(C)C1c2ccccc2-c2ccccc21. The van der Waals surface area contributed by atoms with Gasteiger partial charge in [0.15, 0.2) is 0 Å². The van der Waals surface area contributed by atoms with Crippen LogP contribution >= 0.6 is 0 Å². The van der Waals surface area contributed by atoms with Gasteiger partial charge in [0.2, 0.25) is 5.91 Å². The van der Waals surface area contributed by atoms with Crippen molar-refractivity contribution in [1.82, 2.24) is 4.90 Å². The van der Waals surface area contributed by atoms with Crippen LogP contribution < -0.4 is 5.32 Å². The van der Waals surface area contributed by atoms with E-state index >= 15 is 0 Å². The first-order valence-corrected chi connectivity index (χ1v) is 9.45. The lowest BCUT2D eigenvalue weighted by Crippen LogP contribution is -2.33. The number of nitrogens with zero attached hydrogens (tertiary/aromatic N) is 1. The lowest BCUT2D eigenvalue weighted by Gasteiger charge is -2.26. The predicted molar refractivity (Wildman–Crippen MR) is 111 cm³/mol. The van der Waals surface area contributed by atoms with E-state index in [0.717, 1.165) is 17.7 Å². The number of amides is 1. The van der Waals surface area contributed by atoms with Crippen LogP contribution in [0.25, 0.3) is 11.1 Å². The van der Waals surface area contributed by atoms with Crippen molar-refractivity contribution in [2.75, 3.05) is 18.9 Å². The summed E-state index contributed by atoms with van der Waals surface area (Å²) in [7, 11) is 2.02. The number of carbonyl (C=O) groups is 1. The highest BCUT2D eigenvalue weighted by Crippen LogP contribution is 2.45. The summed E-state index contributed by atoms with van der Waals surface area (Å²) < 4.78 is 0. The van der Waals surface area contributed by atoms with Crippen LogP contribution in [0.3, 0.4) is 0 Å². The van der Waals surface area contributed by atoms with Crippen molar-refractivity contribution in [2.45, 2.75) is 19.4 Å². The van der Waals surface area contributed by atoms with Gasteiger partial charge in [0.1, 0.15) is 0 Å². The van der Waals surface area contributed by atoms with Gasteiger partial charge in [-0.25, -0.2) is 0 Å². The Morgan fingerprint density at radius 3 is 2.07 bits per heavy atom. The van der Waals surface area contributed by atoms with E-state index in [4.69, 9.17) is 0 Å². The third-order valence-corrected chi connectivity index (χ3v) is 5.31. The van der Waals surface area contributed by atoms with Crippen molar-refractivity contribution in [3.05, 3.63) is 89.5 Å². The lowest BCUT2D eigenvalue weighted by molar-refractivity contribution is -0.117. The Kier molecular flexibility index (Phi) is 4.78. The Bertz CT molecular complexity index is 934. The van der Waals surface area contributed by atoms with E-state index in [2.05, 4.69) is 71.7 Å². The molecule has 0 saturated heterocycles. The molecule has 0 unspecified atom stereocenters. The normalized spacial score (nSPS) is 12.7. The van der Waals surface area contributed by atoms with Gasteiger partial charge in [0.25, 0.3) is 0 Å². The lowest BCUT2D eigenvalue weighted by atomic mass is 10.0. The third kappa shape index (κ3) is 3.26. The summed E-state index contributed by atoms with van der Waals surface area (Å²) in [5, 5.41) is 3.08. The van der Waals surface area contributed by atoms with Crippen molar-refractivity contribution in [1.29, 1.82) is 0 Å². The molecule has 3 aromatic rings. The van der Waals surface area contributed by atoms with Gasteiger partial charge < -0.3 is 5.32 Å². The highest BCUT2D eigenvalue weighted by molar-refractivity contribution is 5.93. The van der Waals surface area contributed by atoms with Gasteiger partial charge in [-0.3, -0.25) is 9.69 Å². The van der Waals surface area contributed by atoms with Crippen molar-refractivity contribution in [3.63, 3.8) is 0 Å². The second kappa shape index (κ2) is 7.37. The summed E-state index contributed by atoms with van der Waals surface area (Å²) in [4.78, 5) is 14.9. The number of benzene rings is 3. The first kappa shape index (κ1) is 17.5. The van der Waals surface area contributed by atoms with Crippen molar-refractivity contribution < 1.29 is 4.79 Å². The Morgan fingerprint density at radius 1 is 0.889 bits per heavy atom.